The Bertz CT molecular complexity index is 768. The predicted molar refractivity (Wildman–Crippen MR) is 172 cm³/mol. The van der Waals surface area contributed by atoms with Crippen LogP contribution in [0.5, 0.6) is 5.75 Å². The molecule has 1 unspecified atom stereocenters. The molecule has 1 aromatic carbocycles. The molecular formula is C35H62O3S. The first-order valence-corrected chi connectivity index (χ1v) is 17.1. The van der Waals surface area contributed by atoms with E-state index in [4.69, 9.17) is 0 Å². The third kappa shape index (κ3) is 15.4. The molecule has 0 aliphatic rings. The Morgan fingerprint density at radius 2 is 1.05 bits per heavy atom. The largest absolute Gasteiger partial charge is 0.507 e. The van der Waals surface area contributed by atoms with Crippen molar-refractivity contribution in [2.45, 2.75) is 173 Å². The molecular weight excluding hydrogens is 500 g/mol. The maximum Gasteiger partial charge on any atom is 0.307 e. The Morgan fingerprint density at radius 3 is 1.38 bits per heavy atom. The van der Waals surface area contributed by atoms with E-state index in [-0.39, 0.29) is 16.7 Å². The van der Waals surface area contributed by atoms with Crippen molar-refractivity contribution >= 4 is 17.7 Å². The molecule has 0 aromatic heterocycles. The molecule has 0 spiro atoms. The van der Waals surface area contributed by atoms with Gasteiger partial charge >= 0.3 is 5.97 Å². The lowest BCUT2D eigenvalue weighted by Crippen LogP contribution is -2.18. The summed E-state index contributed by atoms with van der Waals surface area (Å²) in [5.74, 6) is -0.0605. The maximum atomic E-state index is 12.0. The molecule has 0 saturated heterocycles. The topological polar surface area (TPSA) is 57.5 Å². The lowest BCUT2D eigenvalue weighted by Gasteiger charge is -2.28. The molecule has 0 fully saturated rings. The van der Waals surface area contributed by atoms with Crippen molar-refractivity contribution in [3.05, 3.63) is 23.3 Å². The van der Waals surface area contributed by atoms with Crippen LogP contribution in [0.2, 0.25) is 0 Å². The molecule has 0 aliphatic carbocycles. The molecule has 0 heterocycles. The van der Waals surface area contributed by atoms with Crippen molar-refractivity contribution in [1.29, 1.82) is 0 Å². The van der Waals surface area contributed by atoms with E-state index >= 15 is 0 Å². The lowest BCUT2D eigenvalue weighted by atomic mass is 9.79. The number of thioether (sulfide) groups is 1. The second-order valence-corrected chi connectivity index (χ2v) is 14.9. The highest BCUT2D eigenvalue weighted by molar-refractivity contribution is 7.99. The molecule has 1 rings (SSSR count). The Kier molecular flexibility index (Phi) is 17.5. The van der Waals surface area contributed by atoms with E-state index in [1.54, 1.807) is 11.8 Å². The number of unbranched alkanes of at least 4 members (excludes halogenated alkanes) is 15. The molecule has 226 valence electrons. The van der Waals surface area contributed by atoms with Gasteiger partial charge in [0.15, 0.2) is 0 Å². The first-order valence-electron chi connectivity index (χ1n) is 16.1. The third-order valence-corrected chi connectivity index (χ3v) is 9.04. The van der Waals surface area contributed by atoms with Gasteiger partial charge in [0, 0.05) is 21.8 Å². The van der Waals surface area contributed by atoms with Crippen LogP contribution in [0.4, 0.5) is 0 Å². The minimum Gasteiger partial charge on any atom is -0.507 e. The summed E-state index contributed by atoms with van der Waals surface area (Å²) < 4.78 is 0. The Hall–Kier alpha value is -1.16. The molecule has 39 heavy (non-hydrogen) atoms. The fraction of sp³-hybridized carbons (Fsp3) is 0.800. The van der Waals surface area contributed by atoms with Gasteiger partial charge in [-0.1, -0.05) is 151 Å². The summed E-state index contributed by atoms with van der Waals surface area (Å²) in [4.78, 5) is 13.0. The van der Waals surface area contributed by atoms with Gasteiger partial charge in [-0.2, -0.15) is 0 Å². The monoisotopic (exact) mass is 562 g/mol. The zero-order chi connectivity index (χ0) is 29.3. The van der Waals surface area contributed by atoms with Crippen molar-refractivity contribution in [3.8, 4) is 5.75 Å². The van der Waals surface area contributed by atoms with Gasteiger partial charge in [0.1, 0.15) is 5.75 Å². The average molecular weight is 563 g/mol. The smallest absolute Gasteiger partial charge is 0.307 e. The molecule has 3 nitrogen and oxygen atoms in total. The molecule has 0 aliphatic heterocycles. The minimum absolute atomic E-state index is 0.180. The first-order chi connectivity index (χ1) is 18.4. The number of aliphatic carboxylic acids is 1. The van der Waals surface area contributed by atoms with Gasteiger partial charge in [0.2, 0.25) is 0 Å². The minimum atomic E-state index is -0.686. The van der Waals surface area contributed by atoms with Gasteiger partial charge in [-0.15, -0.1) is 11.8 Å². The lowest BCUT2D eigenvalue weighted by molar-refractivity contribution is -0.141. The van der Waals surface area contributed by atoms with Crippen LogP contribution in [-0.2, 0) is 15.6 Å². The van der Waals surface area contributed by atoms with E-state index in [2.05, 4.69) is 60.6 Å². The number of phenolic OH excluding ortho intramolecular Hbond substituents is 1. The summed E-state index contributed by atoms with van der Waals surface area (Å²) in [6.07, 6.45) is 22.1. The van der Waals surface area contributed by atoms with Gasteiger partial charge in [-0.3, -0.25) is 4.79 Å². The second-order valence-electron chi connectivity index (χ2n) is 13.8. The third-order valence-electron chi connectivity index (χ3n) is 7.91. The Labute approximate surface area is 246 Å². The van der Waals surface area contributed by atoms with Gasteiger partial charge in [-0.05, 0) is 29.4 Å². The van der Waals surface area contributed by atoms with Crippen LogP contribution in [0.15, 0.2) is 17.0 Å². The van der Waals surface area contributed by atoms with Crippen LogP contribution in [0, 0.1) is 5.92 Å². The van der Waals surface area contributed by atoms with Crippen LogP contribution < -0.4 is 0 Å². The van der Waals surface area contributed by atoms with Crippen LogP contribution in [0.25, 0.3) is 0 Å². The molecule has 0 amide bonds. The molecule has 2 N–H and O–H groups in total. The summed E-state index contributed by atoms with van der Waals surface area (Å²) in [7, 11) is 0. The number of carboxylic acids is 1. The van der Waals surface area contributed by atoms with Gasteiger partial charge in [0.25, 0.3) is 0 Å². The number of benzene rings is 1. The van der Waals surface area contributed by atoms with Crippen molar-refractivity contribution in [2.24, 2.45) is 5.92 Å². The summed E-state index contributed by atoms with van der Waals surface area (Å²) in [6, 6.07) is 4.12. The normalized spacial score (nSPS) is 13.1. The number of rotatable bonds is 21. The standard InChI is InChI=1S/C35H62O3S/c1-8-9-10-11-12-13-14-15-16-17-18-19-20-21-22-23-24-28(33(37)38)27-39-29-25-30(34(2,3)4)32(36)31(26-29)35(5,6)7/h25-26,28,36H,8-24,27H2,1-7H3,(H,37,38). The number of phenols is 1. The fourth-order valence-electron chi connectivity index (χ4n) is 5.25. The van der Waals surface area contributed by atoms with Crippen LogP contribution >= 0.6 is 11.8 Å². The Balaban J connectivity index is 2.31. The summed E-state index contributed by atoms with van der Waals surface area (Å²) in [5, 5.41) is 20.8. The van der Waals surface area contributed by atoms with Gasteiger partial charge in [-0.25, -0.2) is 0 Å². The van der Waals surface area contributed by atoms with E-state index < -0.39 is 5.97 Å². The van der Waals surface area contributed by atoms with Gasteiger partial charge < -0.3 is 10.2 Å². The first kappa shape index (κ1) is 35.9. The molecule has 4 heteroatoms. The predicted octanol–water partition coefficient (Wildman–Crippen LogP) is 11.4. The fourth-order valence-corrected chi connectivity index (χ4v) is 6.35. The zero-order valence-corrected chi connectivity index (χ0v) is 27.5. The molecule has 0 saturated carbocycles. The van der Waals surface area contributed by atoms with E-state index in [1.807, 2.05) is 0 Å². The highest BCUT2D eigenvalue weighted by Gasteiger charge is 2.27. The summed E-state index contributed by atoms with van der Waals surface area (Å²) in [6.45, 7) is 14.9. The highest BCUT2D eigenvalue weighted by Crippen LogP contribution is 2.42. The van der Waals surface area contributed by atoms with E-state index in [0.29, 0.717) is 11.5 Å². The van der Waals surface area contributed by atoms with Crippen LogP contribution in [-0.4, -0.2) is 21.9 Å². The van der Waals surface area contributed by atoms with Crippen molar-refractivity contribution in [2.75, 3.05) is 5.75 Å². The maximum absolute atomic E-state index is 12.0. The van der Waals surface area contributed by atoms with Gasteiger partial charge in [0.05, 0.1) is 5.92 Å². The number of hydrogen-bond donors (Lipinski definition) is 2. The van der Waals surface area contributed by atoms with Crippen molar-refractivity contribution in [1.82, 2.24) is 0 Å². The second kappa shape index (κ2) is 19.1. The molecule has 1 atom stereocenters. The van der Waals surface area contributed by atoms with Crippen molar-refractivity contribution < 1.29 is 15.0 Å². The SMILES string of the molecule is CCCCCCCCCCCCCCCCCCC(CSc1cc(C(C)(C)C)c(O)c(C(C)(C)C)c1)C(=O)O. The van der Waals surface area contributed by atoms with E-state index in [9.17, 15) is 15.0 Å². The number of carboxylic acid groups (broad SMARTS) is 1. The Morgan fingerprint density at radius 1 is 0.692 bits per heavy atom. The zero-order valence-electron chi connectivity index (χ0n) is 26.7. The number of aromatic hydroxyl groups is 1. The number of hydrogen-bond acceptors (Lipinski definition) is 3. The molecule has 1 aromatic rings. The quantitative estimate of drug-likeness (QED) is 0.116. The molecule has 0 bridgehead atoms. The van der Waals surface area contributed by atoms with Crippen LogP contribution in [0.1, 0.15) is 169 Å². The summed E-state index contributed by atoms with van der Waals surface area (Å²) in [5.41, 5.74) is 1.50. The molecule has 0 radical (unpaired) electrons. The summed E-state index contributed by atoms with van der Waals surface area (Å²) >= 11 is 1.62. The van der Waals surface area contributed by atoms with Crippen LogP contribution in [0.3, 0.4) is 0 Å². The number of carbonyl (C=O) groups is 1. The average Bonchev–Trinajstić information content (AvgIpc) is 2.84. The van der Waals surface area contributed by atoms with E-state index in [0.717, 1.165) is 35.3 Å². The van der Waals surface area contributed by atoms with Crippen molar-refractivity contribution in [3.63, 3.8) is 0 Å². The van der Waals surface area contributed by atoms with E-state index in [1.165, 1.54) is 89.9 Å². The highest BCUT2D eigenvalue weighted by atomic mass is 32.2.